The van der Waals surface area contributed by atoms with Crippen LogP contribution in [0.3, 0.4) is 0 Å². The molecule has 0 unspecified atom stereocenters. The van der Waals surface area contributed by atoms with Crippen LogP contribution in [0.1, 0.15) is 6.92 Å². The molecule has 1 aromatic heterocycles. The van der Waals surface area contributed by atoms with Crippen molar-refractivity contribution >= 4 is 11.8 Å². The lowest BCUT2D eigenvalue weighted by molar-refractivity contribution is 0.665. The number of hydrogen-bond acceptors (Lipinski definition) is 4. The maximum atomic E-state index is 3.81. The molecule has 0 saturated heterocycles. The van der Waals surface area contributed by atoms with E-state index in [1.165, 1.54) is 0 Å². The maximum absolute atomic E-state index is 3.81. The highest BCUT2D eigenvalue weighted by atomic mass is 32.2. The number of aryl methyl sites for hydroxylation is 1. The van der Waals surface area contributed by atoms with Crippen molar-refractivity contribution in [1.29, 1.82) is 0 Å². The summed E-state index contributed by atoms with van der Waals surface area (Å²) in [6, 6.07) is 0. The van der Waals surface area contributed by atoms with Crippen molar-refractivity contribution in [2.24, 2.45) is 7.05 Å². The zero-order valence-corrected chi connectivity index (χ0v) is 7.43. The largest absolute Gasteiger partial charge is 0.224 e. The third-order valence-corrected chi connectivity index (χ3v) is 2.27. The molecule has 0 radical (unpaired) electrons. The van der Waals surface area contributed by atoms with Crippen LogP contribution in [0.4, 0.5) is 0 Å². The number of aromatic nitrogens is 4. The Kier molecular flexibility index (Phi) is 2.64. The molecule has 0 amide bonds. The first-order valence-electron chi connectivity index (χ1n) is 3.19. The van der Waals surface area contributed by atoms with Gasteiger partial charge in [0.1, 0.15) is 0 Å². The van der Waals surface area contributed by atoms with E-state index in [4.69, 9.17) is 0 Å². The monoisotopic (exact) mass is 170 g/mol. The topological polar surface area (TPSA) is 43.6 Å². The van der Waals surface area contributed by atoms with Gasteiger partial charge in [-0.25, -0.2) is 4.68 Å². The number of thioether (sulfide) groups is 1. The Morgan fingerprint density at radius 1 is 1.73 bits per heavy atom. The summed E-state index contributed by atoms with van der Waals surface area (Å²) < 4.78 is 1.65. The van der Waals surface area contributed by atoms with E-state index in [-0.39, 0.29) is 0 Å². The van der Waals surface area contributed by atoms with Gasteiger partial charge in [-0.15, -0.1) is 5.10 Å². The molecule has 0 aliphatic carbocycles. The molecule has 0 saturated carbocycles. The quantitative estimate of drug-likeness (QED) is 0.499. The molecule has 1 aromatic rings. The minimum atomic E-state index is 0.827. The second-order valence-electron chi connectivity index (χ2n) is 2.33. The molecule has 0 N–H and O–H groups in total. The summed E-state index contributed by atoms with van der Waals surface area (Å²) in [6.07, 6.45) is 0. The van der Waals surface area contributed by atoms with Gasteiger partial charge in [0.2, 0.25) is 5.16 Å². The zero-order chi connectivity index (χ0) is 8.27. The fourth-order valence-electron chi connectivity index (χ4n) is 0.531. The molecular weight excluding hydrogens is 160 g/mol. The third-order valence-electron chi connectivity index (χ3n) is 1.03. The first-order chi connectivity index (χ1) is 5.20. The van der Waals surface area contributed by atoms with Gasteiger partial charge in [0.15, 0.2) is 0 Å². The van der Waals surface area contributed by atoms with E-state index in [2.05, 4.69) is 22.1 Å². The second-order valence-corrected chi connectivity index (χ2v) is 3.27. The number of nitrogens with zero attached hydrogens (tertiary/aromatic N) is 4. The molecule has 1 rings (SSSR count). The van der Waals surface area contributed by atoms with E-state index in [1.807, 2.05) is 14.0 Å². The summed E-state index contributed by atoms with van der Waals surface area (Å²) in [5.74, 6) is 0.869. The SMILES string of the molecule is C=C(C)CSc1nnnn1C. The van der Waals surface area contributed by atoms with Crippen LogP contribution in [-0.4, -0.2) is 26.0 Å². The average molecular weight is 170 g/mol. The van der Waals surface area contributed by atoms with Crippen LogP contribution in [0.15, 0.2) is 17.3 Å². The Hall–Kier alpha value is -0.840. The Balaban J connectivity index is 2.51. The van der Waals surface area contributed by atoms with E-state index in [9.17, 15) is 0 Å². The molecule has 0 spiro atoms. The van der Waals surface area contributed by atoms with Crippen LogP contribution in [0.2, 0.25) is 0 Å². The van der Waals surface area contributed by atoms with Crippen molar-refractivity contribution in [3.05, 3.63) is 12.2 Å². The Morgan fingerprint density at radius 3 is 2.91 bits per heavy atom. The van der Waals surface area contributed by atoms with E-state index >= 15 is 0 Å². The normalized spacial score (nSPS) is 10.0. The summed E-state index contributed by atoms with van der Waals surface area (Å²) in [5, 5.41) is 11.9. The lowest BCUT2D eigenvalue weighted by Crippen LogP contribution is -1.93. The molecule has 4 nitrogen and oxygen atoms in total. The summed E-state index contributed by atoms with van der Waals surface area (Å²) in [5.41, 5.74) is 1.12. The molecule has 0 aliphatic heterocycles. The maximum Gasteiger partial charge on any atom is 0.209 e. The van der Waals surface area contributed by atoms with Crippen LogP contribution in [0.5, 0.6) is 0 Å². The van der Waals surface area contributed by atoms with Crippen LogP contribution in [0, 0.1) is 0 Å². The first kappa shape index (κ1) is 8.26. The van der Waals surface area contributed by atoms with Gasteiger partial charge < -0.3 is 0 Å². The number of rotatable bonds is 3. The van der Waals surface area contributed by atoms with Crippen LogP contribution < -0.4 is 0 Å². The number of hydrogen-bond donors (Lipinski definition) is 0. The molecule has 0 aliphatic rings. The minimum absolute atomic E-state index is 0.827. The Bertz CT molecular complexity index is 255. The van der Waals surface area contributed by atoms with Gasteiger partial charge in [-0.05, 0) is 17.4 Å². The first-order valence-corrected chi connectivity index (χ1v) is 4.18. The lowest BCUT2D eigenvalue weighted by Gasteiger charge is -1.96. The van der Waals surface area contributed by atoms with Gasteiger partial charge in [0, 0.05) is 12.8 Å². The molecule has 11 heavy (non-hydrogen) atoms. The summed E-state index contributed by atoms with van der Waals surface area (Å²) in [6.45, 7) is 5.77. The second kappa shape index (κ2) is 3.52. The van der Waals surface area contributed by atoms with E-state index in [0.29, 0.717) is 0 Å². The number of tetrazole rings is 1. The smallest absolute Gasteiger partial charge is 0.209 e. The highest BCUT2D eigenvalue weighted by Gasteiger charge is 2.00. The molecule has 0 aromatic carbocycles. The van der Waals surface area contributed by atoms with Gasteiger partial charge in [-0.1, -0.05) is 23.9 Å². The highest BCUT2D eigenvalue weighted by Crippen LogP contribution is 2.14. The molecule has 5 heteroatoms. The van der Waals surface area contributed by atoms with Gasteiger partial charge >= 0.3 is 0 Å². The van der Waals surface area contributed by atoms with Crippen LogP contribution in [0.25, 0.3) is 0 Å². The van der Waals surface area contributed by atoms with Gasteiger partial charge in [0.05, 0.1) is 0 Å². The van der Waals surface area contributed by atoms with Crippen molar-refractivity contribution in [3.8, 4) is 0 Å². The lowest BCUT2D eigenvalue weighted by atomic mass is 10.4. The predicted molar refractivity (Wildman–Crippen MR) is 44.3 cm³/mol. The van der Waals surface area contributed by atoms with E-state index in [1.54, 1.807) is 16.4 Å². The van der Waals surface area contributed by atoms with Crippen molar-refractivity contribution in [2.45, 2.75) is 12.1 Å². The Labute approximate surface area is 69.7 Å². The fraction of sp³-hybridized carbons (Fsp3) is 0.500. The van der Waals surface area contributed by atoms with Gasteiger partial charge in [0.25, 0.3) is 0 Å². The standard InChI is InChI=1S/C6H10N4S/c1-5(2)4-11-6-7-8-9-10(6)3/h1,4H2,2-3H3. The Morgan fingerprint density at radius 2 is 2.45 bits per heavy atom. The van der Waals surface area contributed by atoms with E-state index in [0.717, 1.165) is 16.5 Å². The molecule has 60 valence electrons. The summed E-state index contributed by atoms with van der Waals surface area (Å²) in [4.78, 5) is 0. The van der Waals surface area contributed by atoms with Crippen molar-refractivity contribution in [1.82, 2.24) is 20.2 Å². The fourth-order valence-corrected chi connectivity index (χ4v) is 1.22. The van der Waals surface area contributed by atoms with E-state index < -0.39 is 0 Å². The van der Waals surface area contributed by atoms with Crippen LogP contribution >= 0.6 is 11.8 Å². The zero-order valence-electron chi connectivity index (χ0n) is 6.61. The predicted octanol–water partition coefficient (Wildman–Crippen LogP) is 0.878. The van der Waals surface area contributed by atoms with Gasteiger partial charge in [-0.3, -0.25) is 0 Å². The van der Waals surface area contributed by atoms with Gasteiger partial charge in [-0.2, -0.15) is 0 Å². The van der Waals surface area contributed by atoms with Crippen LogP contribution in [-0.2, 0) is 7.05 Å². The molecule has 0 bridgehead atoms. The molecule has 0 fully saturated rings. The highest BCUT2D eigenvalue weighted by molar-refractivity contribution is 7.99. The van der Waals surface area contributed by atoms with Crippen molar-refractivity contribution in [2.75, 3.05) is 5.75 Å². The molecular formula is C6H10N4S. The molecule has 0 atom stereocenters. The van der Waals surface area contributed by atoms with Crippen molar-refractivity contribution in [3.63, 3.8) is 0 Å². The minimum Gasteiger partial charge on any atom is -0.224 e. The summed E-state index contributed by atoms with van der Waals surface area (Å²) in [7, 11) is 1.82. The van der Waals surface area contributed by atoms with Crippen molar-refractivity contribution < 1.29 is 0 Å². The average Bonchev–Trinajstić information content (AvgIpc) is 2.31. The third kappa shape index (κ3) is 2.34. The molecule has 1 heterocycles. The summed E-state index contributed by atoms with van der Waals surface area (Å²) >= 11 is 1.59.